The van der Waals surface area contributed by atoms with Crippen LogP contribution in [0.25, 0.3) is 0 Å². The van der Waals surface area contributed by atoms with Gasteiger partial charge in [0.05, 0.1) is 12.7 Å². The Morgan fingerprint density at radius 3 is 2.72 bits per heavy atom. The predicted molar refractivity (Wildman–Crippen MR) is 66.8 cm³/mol. The highest BCUT2D eigenvalue weighted by Gasteiger charge is 2.44. The van der Waals surface area contributed by atoms with Crippen LogP contribution in [0.2, 0.25) is 0 Å². The van der Waals surface area contributed by atoms with Crippen LogP contribution in [0.4, 0.5) is 4.39 Å². The molecule has 1 aliphatic carbocycles. The number of carbonyl (C=O) groups is 1. The van der Waals surface area contributed by atoms with Crippen LogP contribution in [-0.2, 0) is 11.3 Å². The Labute approximate surface area is 106 Å². The minimum atomic E-state index is -0.643. The summed E-state index contributed by atoms with van der Waals surface area (Å²) in [6, 6.07) is 5.10. The SMILES string of the molecule is COC(=O)c1ccc(CNC2CC2(C)C)cc1F. The fraction of sp³-hybridized carbons (Fsp3) is 0.500. The molecule has 1 unspecified atom stereocenters. The first kappa shape index (κ1) is 13.0. The van der Waals surface area contributed by atoms with Gasteiger partial charge in [-0.2, -0.15) is 0 Å². The number of methoxy groups -OCH3 is 1. The fourth-order valence-electron chi connectivity index (χ4n) is 2.00. The number of hydrogen-bond donors (Lipinski definition) is 1. The van der Waals surface area contributed by atoms with Crippen LogP contribution in [0.5, 0.6) is 0 Å². The van der Waals surface area contributed by atoms with Crippen LogP contribution >= 0.6 is 0 Å². The highest BCUT2D eigenvalue weighted by molar-refractivity contribution is 5.89. The van der Waals surface area contributed by atoms with E-state index in [1.165, 1.54) is 19.2 Å². The highest BCUT2D eigenvalue weighted by Crippen LogP contribution is 2.44. The van der Waals surface area contributed by atoms with E-state index in [1.807, 2.05) is 0 Å². The number of nitrogens with one attached hydrogen (secondary N) is 1. The maximum Gasteiger partial charge on any atom is 0.340 e. The quantitative estimate of drug-likeness (QED) is 0.836. The van der Waals surface area contributed by atoms with Gasteiger partial charge in [0.1, 0.15) is 5.82 Å². The molecule has 3 nitrogen and oxygen atoms in total. The standard InChI is InChI=1S/C14H18FNO2/c1-14(2)7-12(14)16-8-9-4-5-10(11(15)6-9)13(17)18-3/h4-6,12,16H,7-8H2,1-3H3. The average Bonchev–Trinajstić information content (AvgIpc) is 2.94. The molecule has 1 aliphatic rings. The van der Waals surface area contributed by atoms with E-state index >= 15 is 0 Å². The Bertz CT molecular complexity index is 471. The van der Waals surface area contributed by atoms with Crippen LogP contribution in [0.3, 0.4) is 0 Å². The smallest absolute Gasteiger partial charge is 0.340 e. The molecule has 98 valence electrons. The second-order valence-corrected chi connectivity index (χ2v) is 5.43. The number of halogens is 1. The number of carbonyl (C=O) groups excluding carboxylic acids is 1. The molecule has 2 rings (SSSR count). The van der Waals surface area contributed by atoms with Gasteiger partial charge in [0, 0.05) is 12.6 Å². The zero-order valence-corrected chi connectivity index (χ0v) is 10.9. The first-order chi connectivity index (χ1) is 8.44. The molecule has 1 saturated carbocycles. The molecule has 0 aromatic heterocycles. The van der Waals surface area contributed by atoms with Gasteiger partial charge in [0.25, 0.3) is 0 Å². The second-order valence-electron chi connectivity index (χ2n) is 5.43. The summed E-state index contributed by atoms with van der Waals surface area (Å²) >= 11 is 0. The maximum atomic E-state index is 13.7. The van der Waals surface area contributed by atoms with Gasteiger partial charge in [0.2, 0.25) is 0 Å². The summed E-state index contributed by atoms with van der Waals surface area (Å²) in [4.78, 5) is 11.2. The number of ether oxygens (including phenoxy) is 1. The summed E-state index contributed by atoms with van der Waals surface area (Å²) in [7, 11) is 1.24. The molecule has 0 radical (unpaired) electrons. The van der Waals surface area contributed by atoms with E-state index in [2.05, 4.69) is 23.9 Å². The van der Waals surface area contributed by atoms with Crippen molar-refractivity contribution in [1.82, 2.24) is 5.32 Å². The van der Waals surface area contributed by atoms with Gasteiger partial charge < -0.3 is 10.1 Å². The monoisotopic (exact) mass is 251 g/mol. The Morgan fingerprint density at radius 1 is 1.56 bits per heavy atom. The van der Waals surface area contributed by atoms with Gasteiger partial charge in [-0.1, -0.05) is 19.9 Å². The summed E-state index contributed by atoms with van der Waals surface area (Å²) in [6.07, 6.45) is 1.15. The zero-order chi connectivity index (χ0) is 13.3. The van der Waals surface area contributed by atoms with Crippen molar-refractivity contribution in [2.45, 2.75) is 32.9 Å². The molecule has 0 amide bonds. The Kier molecular flexibility index (Phi) is 3.39. The van der Waals surface area contributed by atoms with E-state index in [0.717, 1.165) is 12.0 Å². The van der Waals surface area contributed by atoms with Gasteiger partial charge in [-0.05, 0) is 29.5 Å². The van der Waals surface area contributed by atoms with E-state index in [0.29, 0.717) is 18.0 Å². The van der Waals surface area contributed by atoms with Crippen molar-refractivity contribution in [1.29, 1.82) is 0 Å². The first-order valence-electron chi connectivity index (χ1n) is 6.04. The summed E-state index contributed by atoms with van der Waals surface area (Å²) < 4.78 is 18.1. The topological polar surface area (TPSA) is 38.3 Å². The van der Waals surface area contributed by atoms with Crippen LogP contribution in [-0.4, -0.2) is 19.1 Å². The summed E-state index contributed by atoms with van der Waals surface area (Å²) in [5.74, 6) is -1.17. The molecule has 0 aliphatic heterocycles. The van der Waals surface area contributed by atoms with Crippen molar-refractivity contribution >= 4 is 5.97 Å². The summed E-state index contributed by atoms with van der Waals surface area (Å²) in [5.41, 5.74) is 1.17. The molecule has 1 aromatic carbocycles. The van der Waals surface area contributed by atoms with E-state index in [1.54, 1.807) is 6.07 Å². The van der Waals surface area contributed by atoms with Crippen molar-refractivity contribution in [3.05, 3.63) is 35.1 Å². The molecule has 0 bridgehead atoms. The lowest BCUT2D eigenvalue weighted by molar-refractivity contribution is 0.0595. The maximum absolute atomic E-state index is 13.7. The Balaban J connectivity index is 1.99. The molecule has 1 aromatic rings. The second kappa shape index (κ2) is 4.69. The number of hydrogen-bond acceptors (Lipinski definition) is 3. The Hall–Kier alpha value is -1.42. The molecule has 1 N–H and O–H groups in total. The van der Waals surface area contributed by atoms with Crippen LogP contribution < -0.4 is 5.32 Å². The van der Waals surface area contributed by atoms with Gasteiger partial charge >= 0.3 is 5.97 Å². The number of benzene rings is 1. The molecule has 1 fully saturated rings. The number of rotatable bonds is 4. The molecule has 0 saturated heterocycles. The molecular weight excluding hydrogens is 233 g/mol. The van der Waals surface area contributed by atoms with E-state index in [9.17, 15) is 9.18 Å². The van der Waals surface area contributed by atoms with Crippen molar-refractivity contribution in [3.63, 3.8) is 0 Å². The largest absolute Gasteiger partial charge is 0.465 e. The molecule has 4 heteroatoms. The van der Waals surface area contributed by atoms with Crippen LogP contribution in [0.15, 0.2) is 18.2 Å². The highest BCUT2D eigenvalue weighted by atomic mass is 19.1. The molecule has 18 heavy (non-hydrogen) atoms. The summed E-state index contributed by atoms with van der Waals surface area (Å²) in [5, 5.41) is 3.37. The first-order valence-corrected chi connectivity index (χ1v) is 6.04. The van der Waals surface area contributed by atoms with Crippen molar-refractivity contribution in [2.24, 2.45) is 5.41 Å². The molecular formula is C14H18FNO2. The number of esters is 1. The fourth-order valence-corrected chi connectivity index (χ4v) is 2.00. The van der Waals surface area contributed by atoms with Crippen molar-refractivity contribution < 1.29 is 13.9 Å². The molecule has 0 spiro atoms. The molecule has 1 atom stereocenters. The van der Waals surface area contributed by atoms with E-state index in [-0.39, 0.29) is 5.56 Å². The van der Waals surface area contributed by atoms with Gasteiger partial charge in [-0.3, -0.25) is 0 Å². The normalized spacial score (nSPS) is 20.6. The lowest BCUT2D eigenvalue weighted by Gasteiger charge is -2.08. The molecule has 0 heterocycles. The minimum Gasteiger partial charge on any atom is -0.465 e. The lowest BCUT2D eigenvalue weighted by Crippen LogP contribution is -2.20. The average molecular weight is 251 g/mol. The minimum absolute atomic E-state index is 0.0204. The van der Waals surface area contributed by atoms with Crippen LogP contribution in [0, 0.1) is 11.2 Å². The van der Waals surface area contributed by atoms with E-state index < -0.39 is 11.8 Å². The summed E-state index contributed by atoms with van der Waals surface area (Å²) in [6.45, 7) is 5.02. The third kappa shape index (κ3) is 2.70. The lowest BCUT2D eigenvalue weighted by atomic mass is 10.1. The Morgan fingerprint density at radius 2 is 2.22 bits per heavy atom. The third-order valence-corrected chi connectivity index (χ3v) is 3.50. The van der Waals surface area contributed by atoms with Crippen LogP contribution in [0.1, 0.15) is 36.2 Å². The van der Waals surface area contributed by atoms with Crippen molar-refractivity contribution in [2.75, 3.05) is 7.11 Å². The van der Waals surface area contributed by atoms with Gasteiger partial charge in [-0.25, -0.2) is 9.18 Å². The van der Waals surface area contributed by atoms with Gasteiger partial charge in [0.15, 0.2) is 0 Å². The third-order valence-electron chi connectivity index (χ3n) is 3.50. The van der Waals surface area contributed by atoms with Crippen molar-refractivity contribution in [3.8, 4) is 0 Å². The zero-order valence-electron chi connectivity index (χ0n) is 10.9. The predicted octanol–water partition coefficient (Wildman–Crippen LogP) is 2.50. The van der Waals surface area contributed by atoms with Gasteiger partial charge in [-0.15, -0.1) is 0 Å². The van der Waals surface area contributed by atoms with E-state index in [4.69, 9.17) is 0 Å².